The third kappa shape index (κ3) is 3.39. The van der Waals surface area contributed by atoms with E-state index in [1.165, 1.54) is 17.0 Å². The van der Waals surface area contributed by atoms with E-state index in [4.69, 9.17) is 10.2 Å². The highest BCUT2D eigenvalue weighted by molar-refractivity contribution is 7.89. The molecule has 0 atom stereocenters. The maximum atomic E-state index is 11.2. The van der Waals surface area contributed by atoms with Gasteiger partial charge in [-0.05, 0) is 6.07 Å². The van der Waals surface area contributed by atoms with Gasteiger partial charge in [-0.3, -0.25) is 10.1 Å². The van der Waals surface area contributed by atoms with Crippen molar-refractivity contribution >= 4 is 21.4 Å². The van der Waals surface area contributed by atoms with E-state index in [2.05, 4.69) is 0 Å². The monoisotopic (exact) mass is 275 g/mol. The molecule has 0 saturated carbocycles. The van der Waals surface area contributed by atoms with Crippen molar-refractivity contribution in [3.05, 3.63) is 28.3 Å². The summed E-state index contributed by atoms with van der Waals surface area (Å²) in [5, 5.41) is 24.5. The highest BCUT2D eigenvalue weighted by Crippen LogP contribution is 2.25. The zero-order chi connectivity index (χ0) is 13.9. The van der Waals surface area contributed by atoms with E-state index < -0.39 is 14.9 Å². The summed E-state index contributed by atoms with van der Waals surface area (Å²) in [7, 11) is -2.45. The Morgan fingerprint density at radius 1 is 1.44 bits per heavy atom. The standard InChI is InChI=1S/C9H13N3O5S/c1-11(2-3-13)7-4-8(12(14)15)6-9(5-7)18(10,16)17/h4-6,13H,2-3H2,1H3,(H2,10,16,17). The smallest absolute Gasteiger partial charge is 0.272 e. The number of aliphatic hydroxyl groups excluding tert-OH is 1. The number of likely N-dealkylation sites (N-methyl/N-ethyl adjacent to an activating group) is 1. The number of anilines is 1. The van der Waals surface area contributed by atoms with Crippen LogP contribution < -0.4 is 10.0 Å². The molecule has 0 aliphatic carbocycles. The first kappa shape index (κ1) is 14.4. The molecule has 0 amide bonds. The Hall–Kier alpha value is -1.71. The number of non-ortho nitro benzene ring substituents is 1. The highest BCUT2D eigenvalue weighted by atomic mass is 32.2. The lowest BCUT2D eigenvalue weighted by Gasteiger charge is -2.18. The fourth-order valence-corrected chi connectivity index (χ4v) is 1.91. The first-order valence-electron chi connectivity index (χ1n) is 4.90. The minimum Gasteiger partial charge on any atom is -0.395 e. The van der Waals surface area contributed by atoms with Crippen molar-refractivity contribution in [1.29, 1.82) is 0 Å². The van der Waals surface area contributed by atoms with E-state index in [0.29, 0.717) is 5.69 Å². The number of hydrogen-bond donors (Lipinski definition) is 2. The van der Waals surface area contributed by atoms with Crippen LogP contribution in [0.5, 0.6) is 0 Å². The predicted octanol–water partition coefficient (Wildman–Crippen LogP) is -0.329. The van der Waals surface area contributed by atoms with Crippen LogP contribution in [0.1, 0.15) is 0 Å². The summed E-state index contributed by atoms with van der Waals surface area (Å²) in [6.07, 6.45) is 0. The Kier molecular flexibility index (Phi) is 4.22. The maximum absolute atomic E-state index is 11.2. The molecule has 1 aromatic carbocycles. The van der Waals surface area contributed by atoms with Gasteiger partial charge in [-0.25, -0.2) is 13.6 Å². The van der Waals surface area contributed by atoms with Gasteiger partial charge in [-0.1, -0.05) is 0 Å². The molecule has 0 saturated heterocycles. The van der Waals surface area contributed by atoms with Crippen molar-refractivity contribution in [3.63, 3.8) is 0 Å². The molecule has 1 aromatic rings. The number of aliphatic hydroxyl groups is 1. The van der Waals surface area contributed by atoms with Crippen LogP contribution in [0.4, 0.5) is 11.4 Å². The molecule has 1 rings (SSSR count). The molecule has 0 unspecified atom stereocenters. The lowest BCUT2D eigenvalue weighted by molar-refractivity contribution is -0.385. The van der Waals surface area contributed by atoms with Gasteiger partial charge in [-0.2, -0.15) is 0 Å². The van der Waals surface area contributed by atoms with Gasteiger partial charge in [0.1, 0.15) is 0 Å². The summed E-state index contributed by atoms with van der Waals surface area (Å²) < 4.78 is 22.5. The Morgan fingerprint density at radius 2 is 2.06 bits per heavy atom. The maximum Gasteiger partial charge on any atom is 0.272 e. The summed E-state index contributed by atoms with van der Waals surface area (Å²) >= 11 is 0. The third-order valence-electron chi connectivity index (χ3n) is 2.29. The molecule has 0 bridgehead atoms. The molecule has 3 N–H and O–H groups in total. The van der Waals surface area contributed by atoms with Crippen molar-refractivity contribution in [1.82, 2.24) is 0 Å². The molecule has 0 heterocycles. The van der Waals surface area contributed by atoms with Crippen molar-refractivity contribution < 1.29 is 18.4 Å². The number of hydrogen-bond acceptors (Lipinski definition) is 6. The minimum atomic E-state index is -4.02. The lowest BCUT2D eigenvalue weighted by Crippen LogP contribution is -2.22. The normalized spacial score (nSPS) is 11.3. The van der Waals surface area contributed by atoms with E-state index >= 15 is 0 Å². The van der Waals surface area contributed by atoms with E-state index in [9.17, 15) is 18.5 Å². The van der Waals surface area contributed by atoms with E-state index in [1.54, 1.807) is 7.05 Å². The summed E-state index contributed by atoms with van der Waals surface area (Å²) in [6, 6.07) is 3.33. The van der Waals surface area contributed by atoms with Gasteiger partial charge >= 0.3 is 0 Å². The fourth-order valence-electron chi connectivity index (χ4n) is 1.34. The van der Waals surface area contributed by atoms with Crippen LogP contribution in [0.2, 0.25) is 0 Å². The second-order valence-electron chi connectivity index (χ2n) is 3.63. The van der Waals surface area contributed by atoms with Crippen LogP contribution in [-0.4, -0.2) is 38.6 Å². The SMILES string of the molecule is CN(CCO)c1cc([N+](=O)[O-])cc(S(N)(=O)=O)c1. The molecule has 9 heteroatoms. The van der Waals surface area contributed by atoms with Gasteiger partial charge in [0.05, 0.1) is 16.4 Å². The molecule has 0 aromatic heterocycles. The first-order chi connectivity index (χ1) is 8.25. The average molecular weight is 275 g/mol. The third-order valence-corrected chi connectivity index (χ3v) is 3.18. The van der Waals surface area contributed by atoms with Crippen LogP contribution >= 0.6 is 0 Å². The Labute approximate surface area is 104 Å². The molecule has 0 fully saturated rings. The molecule has 18 heavy (non-hydrogen) atoms. The zero-order valence-corrected chi connectivity index (χ0v) is 10.4. The Bertz CT molecular complexity index is 557. The fraction of sp³-hybridized carbons (Fsp3) is 0.333. The number of sulfonamides is 1. The van der Waals surface area contributed by atoms with Crippen LogP contribution in [0.3, 0.4) is 0 Å². The number of nitro benzene ring substituents is 1. The van der Waals surface area contributed by atoms with Gasteiger partial charge in [-0.15, -0.1) is 0 Å². The van der Waals surface area contributed by atoms with Gasteiger partial charge in [0, 0.05) is 31.4 Å². The topological polar surface area (TPSA) is 127 Å². The van der Waals surface area contributed by atoms with E-state index in [0.717, 1.165) is 6.07 Å². The lowest BCUT2D eigenvalue weighted by atomic mass is 10.2. The van der Waals surface area contributed by atoms with Crippen molar-refractivity contribution in [3.8, 4) is 0 Å². The largest absolute Gasteiger partial charge is 0.395 e. The van der Waals surface area contributed by atoms with Crippen LogP contribution in [0.25, 0.3) is 0 Å². The summed E-state index contributed by atoms with van der Waals surface area (Å²) in [5.74, 6) is 0. The Morgan fingerprint density at radius 3 is 2.50 bits per heavy atom. The van der Waals surface area contributed by atoms with Crippen molar-refractivity contribution in [2.75, 3.05) is 25.1 Å². The molecule has 100 valence electrons. The molecular weight excluding hydrogens is 262 g/mol. The zero-order valence-electron chi connectivity index (χ0n) is 9.61. The van der Waals surface area contributed by atoms with Crippen LogP contribution in [0.15, 0.2) is 23.1 Å². The van der Waals surface area contributed by atoms with E-state index in [-0.39, 0.29) is 23.7 Å². The van der Waals surface area contributed by atoms with Crippen LogP contribution in [0, 0.1) is 10.1 Å². The molecular formula is C9H13N3O5S. The average Bonchev–Trinajstić information content (AvgIpc) is 2.27. The van der Waals surface area contributed by atoms with Gasteiger partial charge in [0.2, 0.25) is 10.0 Å². The Balaban J connectivity index is 3.36. The predicted molar refractivity (Wildman–Crippen MR) is 64.8 cm³/mol. The number of nitrogens with zero attached hydrogens (tertiary/aromatic N) is 2. The summed E-state index contributed by atoms with van der Waals surface area (Å²) in [6.45, 7) is 0.0507. The van der Waals surface area contributed by atoms with E-state index in [1.807, 2.05) is 0 Å². The highest BCUT2D eigenvalue weighted by Gasteiger charge is 2.17. The molecule has 0 aliphatic rings. The first-order valence-corrected chi connectivity index (χ1v) is 6.44. The van der Waals surface area contributed by atoms with Crippen LogP contribution in [-0.2, 0) is 10.0 Å². The number of rotatable bonds is 5. The summed E-state index contributed by atoms with van der Waals surface area (Å²) in [5.41, 5.74) is -0.0800. The van der Waals surface area contributed by atoms with Gasteiger partial charge < -0.3 is 10.0 Å². The number of benzene rings is 1. The summed E-state index contributed by atoms with van der Waals surface area (Å²) in [4.78, 5) is 11.2. The molecule has 0 aliphatic heterocycles. The van der Waals surface area contributed by atoms with Crippen molar-refractivity contribution in [2.24, 2.45) is 5.14 Å². The second-order valence-corrected chi connectivity index (χ2v) is 5.19. The number of primary sulfonamides is 1. The van der Waals surface area contributed by atoms with Crippen molar-refractivity contribution in [2.45, 2.75) is 4.90 Å². The number of nitrogens with two attached hydrogens (primary N) is 1. The van der Waals surface area contributed by atoms with Gasteiger partial charge in [0.15, 0.2) is 0 Å². The quantitative estimate of drug-likeness (QED) is 0.559. The second kappa shape index (κ2) is 5.29. The molecule has 0 spiro atoms. The molecule has 0 radical (unpaired) electrons. The minimum absolute atomic E-state index is 0.163. The number of nitro groups is 1. The van der Waals surface area contributed by atoms with Gasteiger partial charge in [0.25, 0.3) is 5.69 Å². The molecule has 8 nitrogen and oxygen atoms in total.